The number of aromatic amines is 1. The van der Waals surface area contributed by atoms with E-state index < -0.39 is 28.7 Å². The van der Waals surface area contributed by atoms with Crippen LogP contribution in [-0.4, -0.2) is 29.5 Å². The number of nitrogens with zero attached hydrogens (tertiary/aromatic N) is 5. The molecule has 8 nitrogen and oxygen atoms in total. The number of para-hydroxylation sites is 1. The Labute approximate surface area is 178 Å². The molecule has 3 aromatic heterocycles. The van der Waals surface area contributed by atoms with Gasteiger partial charge in [0.25, 0.3) is 5.56 Å². The zero-order valence-electron chi connectivity index (χ0n) is 16.7. The molecular formula is C21H16F3N7O. The third-order valence-electron chi connectivity index (χ3n) is 4.65. The van der Waals surface area contributed by atoms with Crippen LogP contribution in [-0.2, 0) is 6.42 Å². The Morgan fingerprint density at radius 2 is 1.69 bits per heavy atom. The summed E-state index contributed by atoms with van der Waals surface area (Å²) in [6.07, 6.45) is 3.18. The van der Waals surface area contributed by atoms with Crippen molar-refractivity contribution in [1.82, 2.24) is 29.5 Å². The Hall–Kier alpha value is -4.28. The van der Waals surface area contributed by atoms with Crippen LogP contribution in [0, 0.1) is 17.5 Å². The zero-order valence-corrected chi connectivity index (χ0v) is 16.7. The van der Waals surface area contributed by atoms with Gasteiger partial charge >= 0.3 is 0 Å². The molecule has 5 aromatic rings. The number of fused-ring (bicyclic) bond motifs is 2. The summed E-state index contributed by atoms with van der Waals surface area (Å²) in [6.45, 7) is 1.70. The molecule has 5 rings (SSSR count). The number of aryl methyl sites for hydroxylation is 1. The highest BCUT2D eigenvalue weighted by molar-refractivity contribution is 5.80. The largest absolute Gasteiger partial charge is 0.382 e. The fourth-order valence-electron chi connectivity index (χ4n) is 3.19. The molecule has 0 aliphatic carbocycles. The Kier molecular flexibility index (Phi) is 5.54. The Balaban J connectivity index is 0.000000203. The smallest absolute Gasteiger partial charge is 0.269 e. The van der Waals surface area contributed by atoms with Gasteiger partial charge in [-0.15, -0.1) is 0 Å². The lowest BCUT2D eigenvalue weighted by atomic mass is 10.2. The van der Waals surface area contributed by atoms with Crippen LogP contribution in [0.25, 0.3) is 27.8 Å². The molecule has 0 saturated carbocycles. The first-order valence-corrected chi connectivity index (χ1v) is 9.46. The van der Waals surface area contributed by atoms with Crippen LogP contribution < -0.4 is 11.3 Å². The maximum atomic E-state index is 14.0. The predicted octanol–water partition coefficient (Wildman–Crippen LogP) is 3.30. The van der Waals surface area contributed by atoms with Crippen LogP contribution in [0.5, 0.6) is 0 Å². The lowest BCUT2D eigenvalue weighted by Crippen LogP contribution is -2.26. The highest BCUT2D eigenvalue weighted by Gasteiger charge is 2.19. The topological polar surface area (TPSA) is 115 Å². The summed E-state index contributed by atoms with van der Waals surface area (Å²) < 4.78 is 42.8. The summed E-state index contributed by atoms with van der Waals surface area (Å²) in [5, 5.41) is -0.289. The molecule has 11 heteroatoms. The van der Waals surface area contributed by atoms with Gasteiger partial charge in [-0.1, -0.05) is 19.1 Å². The Bertz CT molecular complexity index is 1480. The first-order chi connectivity index (χ1) is 15.4. The first kappa shape index (κ1) is 21.0. The minimum Gasteiger partial charge on any atom is -0.382 e. The van der Waals surface area contributed by atoms with Crippen LogP contribution in [0.4, 0.5) is 19.0 Å². The molecule has 0 aliphatic rings. The van der Waals surface area contributed by atoms with E-state index in [1.807, 2.05) is 0 Å². The molecule has 0 radical (unpaired) electrons. The molecule has 0 saturated heterocycles. The fourth-order valence-corrected chi connectivity index (χ4v) is 3.19. The Morgan fingerprint density at radius 1 is 1.00 bits per heavy atom. The standard InChI is InChI=1S/C16H11F3N2O.C5H5N5/c1-2-13-20-12-8-4-5-9(17)14(12)16(22)21(13)15-10(18)6-3-7-11(15)19;6-4-3-5(9-1-7-3)10-2-8-4/h3-8H,2H2,1H3;1-2H,(H3,6,7,8,9,10). The van der Waals surface area contributed by atoms with Gasteiger partial charge in [0.05, 0.1) is 11.8 Å². The summed E-state index contributed by atoms with van der Waals surface area (Å²) in [5.74, 6) is -2.00. The number of nitrogens with two attached hydrogens (primary N) is 1. The molecule has 0 spiro atoms. The number of imidazole rings is 1. The second-order valence-electron chi connectivity index (χ2n) is 6.59. The van der Waals surface area contributed by atoms with Crippen molar-refractivity contribution in [2.75, 3.05) is 5.73 Å². The molecular weight excluding hydrogens is 423 g/mol. The predicted molar refractivity (Wildman–Crippen MR) is 113 cm³/mol. The summed E-state index contributed by atoms with van der Waals surface area (Å²) in [5.41, 5.74) is 5.57. The number of H-pyrrole nitrogens is 1. The second-order valence-corrected chi connectivity index (χ2v) is 6.59. The van der Waals surface area contributed by atoms with Crippen molar-refractivity contribution in [2.24, 2.45) is 0 Å². The molecule has 3 heterocycles. The van der Waals surface area contributed by atoms with E-state index in [9.17, 15) is 18.0 Å². The van der Waals surface area contributed by atoms with Crippen molar-refractivity contribution in [3.8, 4) is 5.69 Å². The van der Waals surface area contributed by atoms with Gasteiger partial charge in [-0.05, 0) is 24.3 Å². The van der Waals surface area contributed by atoms with Gasteiger partial charge in [0.1, 0.15) is 46.2 Å². The highest BCUT2D eigenvalue weighted by Crippen LogP contribution is 2.20. The SMILES string of the molecule is CCc1nc2cccc(F)c2c(=O)n1-c1c(F)cccc1F.Nc1ncnc2nc[nH]c12. The van der Waals surface area contributed by atoms with E-state index in [0.29, 0.717) is 17.0 Å². The van der Waals surface area contributed by atoms with E-state index in [1.165, 1.54) is 30.9 Å². The van der Waals surface area contributed by atoms with Crippen LogP contribution >= 0.6 is 0 Å². The lowest BCUT2D eigenvalue weighted by molar-refractivity contribution is 0.561. The number of nitrogens with one attached hydrogen (secondary N) is 1. The van der Waals surface area contributed by atoms with E-state index in [-0.39, 0.29) is 23.1 Å². The molecule has 0 aliphatic heterocycles. The van der Waals surface area contributed by atoms with Crippen molar-refractivity contribution in [3.05, 3.63) is 82.7 Å². The quantitative estimate of drug-likeness (QED) is 0.436. The van der Waals surface area contributed by atoms with E-state index >= 15 is 0 Å². The number of hydrogen-bond donors (Lipinski definition) is 2. The van der Waals surface area contributed by atoms with E-state index in [1.54, 1.807) is 6.92 Å². The van der Waals surface area contributed by atoms with Gasteiger partial charge < -0.3 is 10.7 Å². The monoisotopic (exact) mass is 439 g/mol. The number of anilines is 1. The molecule has 2 aromatic carbocycles. The van der Waals surface area contributed by atoms with Gasteiger partial charge in [-0.3, -0.25) is 9.36 Å². The number of nitrogen functional groups attached to an aromatic ring is 1. The maximum Gasteiger partial charge on any atom is 0.269 e. The van der Waals surface area contributed by atoms with Crippen LogP contribution in [0.1, 0.15) is 12.7 Å². The number of benzene rings is 2. The molecule has 0 amide bonds. The number of halogens is 3. The van der Waals surface area contributed by atoms with Crippen LogP contribution in [0.2, 0.25) is 0 Å². The van der Waals surface area contributed by atoms with E-state index in [2.05, 4.69) is 24.9 Å². The molecule has 0 atom stereocenters. The van der Waals surface area contributed by atoms with Crippen molar-refractivity contribution >= 4 is 27.9 Å². The third kappa shape index (κ3) is 3.64. The number of hydrogen-bond acceptors (Lipinski definition) is 6. The average molecular weight is 439 g/mol. The van der Waals surface area contributed by atoms with E-state index in [4.69, 9.17) is 5.73 Å². The zero-order chi connectivity index (χ0) is 22.8. The maximum absolute atomic E-state index is 14.0. The fraction of sp³-hybridized carbons (Fsp3) is 0.0952. The summed E-state index contributed by atoms with van der Waals surface area (Å²) in [4.78, 5) is 31.1. The third-order valence-corrected chi connectivity index (χ3v) is 4.65. The van der Waals surface area contributed by atoms with Crippen molar-refractivity contribution in [1.29, 1.82) is 0 Å². The summed E-state index contributed by atoms with van der Waals surface area (Å²) in [6, 6.07) is 7.29. The highest BCUT2D eigenvalue weighted by atomic mass is 19.1. The summed E-state index contributed by atoms with van der Waals surface area (Å²) >= 11 is 0. The first-order valence-electron chi connectivity index (χ1n) is 9.46. The minimum atomic E-state index is -0.908. The average Bonchev–Trinajstić information content (AvgIpc) is 3.25. The minimum absolute atomic E-state index is 0.159. The molecule has 0 fully saturated rings. The van der Waals surface area contributed by atoms with Gasteiger partial charge in [-0.2, -0.15) is 0 Å². The van der Waals surface area contributed by atoms with Gasteiger partial charge in [-0.25, -0.2) is 33.1 Å². The van der Waals surface area contributed by atoms with Crippen molar-refractivity contribution < 1.29 is 13.2 Å². The molecule has 0 unspecified atom stereocenters. The van der Waals surface area contributed by atoms with Crippen molar-refractivity contribution in [2.45, 2.75) is 13.3 Å². The second kappa shape index (κ2) is 8.46. The van der Waals surface area contributed by atoms with E-state index in [0.717, 1.165) is 22.8 Å². The number of rotatable bonds is 2. The number of aromatic nitrogens is 6. The van der Waals surface area contributed by atoms with Crippen molar-refractivity contribution in [3.63, 3.8) is 0 Å². The molecule has 32 heavy (non-hydrogen) atoms. The van der Waals surface area contributed by atoms with Gasteiger partial charge in [0, 0.05) is 6.42 Å². The Morgan fingerprint density at radius 3 is 2.38 bits per heavy atom. The lowest BCUT2D eigenvalue weighted by Gasteiger charge is -2.14. The molecule has 162 valence electrons. The molecule has 3 N–H and O–H groups in total. The molecule has 0 bridgehead atoms. The summed E-state index contributed by atoms with van der Waals surface area (Å²) in [7, 11) is 0. The van der Waals surface area contributed by atoms with Gasteiger partial charge in [0.15, 0.2) is 11.5 Å². The van der Waals surface area contributed by atoms with Crippen LogP contribution in [0.15, 0.2) is 53.8 Å². The van der Waals surface area contributed by atoms with Crippen LogP contribution in [0.3, 0.4) is 0 Å². The van der Waals surface area contributed by atoms with Gasteiger partial charge in [0.2, 0.25) is 0 Å². The normalized spacial score (nSPS) is 10.9.